The fraction of sp³-hybridized carbons (Fsp3) is 0.0952. The molecule has 0 atom stereocenters. The van der Waals surface area contributed by atoms with E-state index < -0.39 is 5.63 Å². The summed E-state index contributed by atoms with van der Waals surface area (Å²) in [7, 11) is 1.49. The summed E-state index contributed by atoms with van der Waals surface area (Å²) in [4.78, 5) is 16.7. The minimum absolute atomic E-state index is 0.0655. The van der Waals surface area contributed by atoms with Crippen LogP contribution in [0.2, 0.25) is 0 Å². The number of para-hydroxylation sites is 1. The van der Waals surface area contributed by atoms with Crippen LogP contribution >= 0.6 is 11.3 Å². The number of aromatic hydroxyl groups is 1. The molecule has 2 aromatic carbocycles. The number of hydrogen-bond donors (Lipinski definition) is 2. The maximum atomic E-state index is 12.3. The van der Waals surface area contributed by atoms with Crippen LogP contribution in [0.4, 0.5) is 5.13 Å². The second-order valence-corrected chi connectivity index (χ2v) is 7.08. The van der Waals surface area contributed by atoms with Gasteiger partial charge in [0, 0.05) is 16.3 Å². The number of phenols is 1. The van der Waals surface area contributed by atoms with E-state index >= 15 is 0 Å². The fourth-order valence-corrected chi connectivity index (χ4v) is 3.44. The number of hydrogen-bond acceptors (Lipinski definition) is 8. The highest BCUT2D eigenvalue weighted by molar-refractivity contribution is 7.14. The minimum Gasteiger partial charge on any atom is -0.504 e. The number of hydrazone groups is 1. The average molecular weight is 407 g/mol. The highest BCUT2D eigenvalue weighted by Gasteiger charge is 2.12. The number of fused-ring (bicyclic) bond motifs is 1. The zero-order valence-electron chi connectivity index (χ0n) is 15.7. The number of ether oxygens (including phenoxy) is 1. The Bertz CT molecular complexity index is 1280. The van der Waals surface area contributed by atoms with Crippen LogP contribution in [0.25, 0.3) is 22.2 Å². The molecular formula is C21H17N3O4S. The van der Waals surface area contributed by atoms with Crippen molar-refractivity contribution in [1.82, 2.24) is 4.98 Å². The second-order valence-electron chi connectivity index (χ2n) is 6.22. The van der Waals surface area contributed by atoms with Gasteiger partial charge in [-0.3, -0.25) is 5.43 Å². The van der Waals surface area contributed by atoms with Gasteiger partial charge in [-0.1, -0.05) is 18.2 Å². The molecule has 0 saturated heterocycles. The molecule has 0 spiro atoms. The standard InChI is InChI=1S/C21H17N3O4S/c1-12(13-7-8-17(25)19(10-13)27-2)23-24-21-22-16(11-29-21)15-9-14-5-3-4-6-18(14)28-20(15)26/h3-11,25H,1-2H3,(H,22,24)/b23-12+. The molecule has 0 aliphatic carbocycles. The van der Waals surface area contributed by atoms with Gasteiger partial charge in [0.05, 0.1) is 24.1 Å². The lowest BCUT2D eigenvalue weighted by Gasteiger charge is -2.06. The Kier molecular flexibility index (Phi) is 5.01. The molecule has 8 heteroatoms. The first-order chi connectivity index (χ1) is 14.0. The Labute approximate surface area is 169 Å². The molecule has 0 fully saturated rings. The number of phenolic OH excluding ortho intramolecular Hbond substituents is 1. The molecule has 146 valence electrons. The molecule has 29 heavy (non-hydrogen) atoms. The number of nitrogens with one attached hydrogen (secondary N) is 1. The Morgan fingerprint density at radius 1 is 1.24 bits per heavy atom. The molecule has 4 rings (SSSR count). The summed E-state index contributed by atoms with van der Waals surface area (Å²) < 4.78 is 10.5. The molecule has 0 unspecified atom stereocenters. The first kappa shape index (κ1) is 18.7. The molecule has 0 amide bonds. The third kappa shape index (κ3) is 3.83. The maximum Gasteiger partial charge on any atom is 0.345 e. The Balaban J connectivity index is 1.58. The zero-order chi connectivity index (χ0) is 20.4. The van der Waals surface area contributed by atoms with Gasteiger partial charge >= 0.3 is 5.63 Å². The van der Waals surface area contributed by atoms with Crippen molar-refractivity contribution in [2.45, 2.75) is 6.92 Å². The molecule has 0 radical (unpaired) electrons. The third-order valence-corrected chi connectivity index (χ3v) is 5.09. The number of benzene rings is 2. The first-order valence-electron chi connectivity index (χ1n) is 8.71. The van der Waals surface area contributed by atoms with E-state index in [0.29, 0.717) is 33.4 Å². The quantitative estimate of drug-likeness (QED) is 0.288. The van der Waals surface area contributed by atoms with E-state index in [1.54, 1.807) is 35.7 Å². The van der Waals surface area contributed by atoms with Crippen molar-refractivity contribution in [2.75, 3.05) is 12.5 Å². The summed E-state index contributed by atoms with van der Waals surface area (Å²) in [6.07, 6.45) is 0. The lowest BCUT2D eigenvalue weighted by Crippen LogP contribution is -2.03. The molecule has 7 nitrogen and oxygen atoms in total. The van der Waals surface area contributed by atoms with Gasteiger partial charge in [-0.25, -0.2) is 9.78 Å². The number of nitrogens with zero attached hydrogens (tertiary/aromatic N) is 2. The SMILES string of the molecule is COc1cc(/C(C)=N/Nc2nc(-c3cc4ccccc4oc3=O)cs2)ccc1O. The molecule has 2 aromatic heterocycles. The van der Waals surface area contributed by atoms with Crippen LogP contribution < -0.4 is 15.8 Å². The van der Waals surface area contributed by atoms with E-state index in [1.807, 2.05) is 25.1 Å². The van der Waals surface area contributed by atoms with Gasteiger partial charge in [0.25, 0.3) is 0 Å². The number of anilines is 1. The Morgan fingerprint density at radius 2 is 2.07 bits per heavy atom. The Morgan fingerprint density at radius 3 is 2.90 bits per heavy atom. The smallest absolute Gasteiger partial charge is 0.345 e. The molecule has 0 bridgehead atoms. The van der Waals surface area contributed by atoms with Gasteiger partial charge in [0.2, 0.25) is 5.13 Å². The molecule has 0 aliphatic rings. The van der Waals surface area contributed by atoms with E-state index in [9.17, 15) is 9.90 Å². The van der Waals surface area contributed by atoms with Gasteiger partial charge in [0.15, 0.2) is 11.5 Å². The molecule has 2 heterocycles. The van der Waals surface area contributed by atoms with Crippen LogP contribution in [0.1, 0.15) is 12.5 Å². The zero-order valence-corrected chi connectivity index (χ0v) is 16.5. The summed E-state index contributed by atoms with van der Waals surface area (Å²) in [5.41, 5.74) is 5.41. The van der Waals surface area contributed by atoms with Crippen LogP contribution in [0, 0.1) is 0 Å². The lowest BCUT2D eigenvalue weighted by molar-refractivity contribution is 0.373. The van der Waals surface area contributed by atoms with Crippen LogP contribution in [0.3, 0.4) is 0 Å². The Hall–Kier alpha value is -3.65. The highest BCUT2D eigenvalue weighted by atomic mass is 32.1. The van der Waals surface area contributed by atoms with Crippen molar-refractivity contribution in [3.8, 4) is 22.8 Å². The fourth-order valence-electron chi connectivity index (χ4n) is 2.79. The maximum absolute atomic E-state index is 12.3. The lowest BCUT2D eigenvalue weighted by atomic mass is 10.1. The van der Waals surface area contributed by atoms with Crippen molar-refractivity contribution in [3.63, 3.8) is 0 Å². The summed E-state index contributed by atoms with van der Waals surface area (Å²) in [5, 5.41) is 17.2. The van der Waals surface area contributed by atoms with Gasteiger partial charge in [-0.2, -0.15) is 5.10 Å². The molecule has 0 saturated carbocycles. The minimum atomic E-state index is -0.434. The monoisotopic (exact) mass is 407 g/mol. The van der Waals surface area contributed by atoms with Crippen LogP contribution in [-0.4, -0.2) is 22.9 Å². The predicted octanol–water partition coefficient (Wildman–Crippen LogP) is 4.47. The molecule has 0 aliphatic heterocycles. The third-order valence-electron chi connectivity index (χ3n) is 4.34. The van der Waals surface area contributed by atoms with Crippen LogP contribution in [0.15, 0.2) is 68.2 Å². The summed E-state index contributed by atoms with van der Waals surface area (Å²) in [6.45, 7) is 1.82. The summed E-state index contributed by atoms with van der Waals surface area (Å²) >= 11 is 1.33. The number of rotatable bonds is 5. The van der Waals surface area contributed by atoms with E-state index in [1.165, 1.54) is 18.4 Å². The van der Waals surface area contributed by atoms with E-state index in [4.69, 9.17) is 9.15 Å². The van der Waals surface area contributed by atoms with Crippen LogP contribution in [0.5, 0.6) is 11.5 Å². The second kappa shape index (κ2) is 7.76. The largest absolute Gasteiger partial charge is 0.504 e. The van der Waals surface area contributed by atoms with Gasteiger partial charge in [-0.15, -0.1) is 11.3 Å². The van der Waals surface area contributed by atoms with Crippen molar-refractivity contribution in [3.05, 3.63) is 69.9 Å². The molecule has 2 N–H and O–H groups in total. The van der Waals surface area contributed by atoms with Gasteiger partial charge < -0.3 is 14.3 Å². The first-order valence-corrected chi connectivity index (χ1v) is 9.59. The van der Waals surface area contributed by atoms with Crippen molar-refractivity contribution < 1.29 is 14.3 Å². The van der Waals surface area contributed by atoms with Gasteiger partial charge in [0.1, 0.15) is 5.58 Å². The van der Waals surface area contributed by atoms with Crippen molar-refractivity contribution in [2.24, 2.45) is 5.10 Å². The number of aromatic nitrogens is 1. The van der Waals surface area contributed by atoms with Crippen LogP contribution in [-0.2, 0) is 0 Å². The van der Waals surface area contributed by atoms with E-state index in [0.717, 1.165) is 10.9 Å². The number of methoxy groups -OCH3 is 1. The summed E-state index contributed by atoms with van der Waals surface area (Å²) in [6, 6.07) is 14.1. The summed E-state index contributed by atoms with van der Waals surface area (Å²) in [5.74, 6) is 0.437. The van der Waals surface area contributed by atoms with Gasteiger partial charge in [-0.05, 0) is 37.3 Å². The predicted molar refractivity (Wildman–Crippen MR) is 114 cm³/mol. The van der Waals surface area contributed by atoms with Crippen molar-refractivity contribution >= 4 is 33.1 Å². The molecule has 4 aromatic rings. The van der Waals surface area contributed by atoms with Crippen molar-refractivity contribution in [1.29, 1.82) is 0 Å². The number of thiazole rings is 1. The molecular weight excluding hydrogens is 390 g/mol. The normalized spacial score (nSPS) is 11.6. The average Bonchev–Trinajstić information content (AvgIpc) is 3.20. The van der Waals surface area contributed by atoms with E-state index in [-0.39, 0.29) is 5.75 Å². The van der Waals surface area contributed by atoms with E-state index in [2.05, 4.69) is 15.5 Å². The highest BCUT2D eigenvalue weighted by Crippen LogP contribution is 2.27. The topological polar surface area (TPSA) is 97.0 Å².